The van der Waals surface area contributed by atoms with E-state index in [-0.39, 0.29) is 31.4 Å². The third-order valence-corrected chi connectivity index (χ3v) is 5.75. The van der Waals surface area contributed by atoms with Crippen LogP contribution in [0.25, 0.3) is 0 Å². The highest BCUT2D eigenvalue weighted by atomic mass is 19.2. The van der Waals surface area contributed by atoms with Crippen molar-refractivity contribution in [2.45, 2.75) is 43.7 Å². The van der Waals surface area contributed by atoms with Gasteiger partial charge in [0.1, 0.15) is 24.6 Å². The van der Waals surface area contributed by atoms with Gasteiger partial charge in [-0.2, -0.15) is 0 Å². The number of ether oxygens (including phenoxy) is 2. The molecule has 1 aliphatic carbocycles. The zero-order valence-corrected chi connectivity index (χ0v) is 16.9. The van der Waals surface area contributed by atoms with Gasteiger partial charge >= 0.3 is 0 Å². The number of amides is 1. The van der Waals surface area contributed by atoms with E-state index in [1.54, 1.807) is 4.90 Å². The summed E-state index contributed by atoms with van der Waals surface area (Å²) in [5, 5.41) is 11.4. The molecule has 2 fully saturated rings. The third kappa shape index (κ3) is 5.87. The average Bonchev–Trinajstić information content (AvgIpc) is 2.89. The van der Waals surface area contributed by atoms with Crippen molar-refractivity contribution in [2.75, 3.05) is 46.5 Å². The molecule has 1 aliphatic heterocycles. The molecule has 3 rings (SSSR count). The van der Waals surface area contributed by atoms with Crippen molar-refractivity contribution in [2.24, 2.45) is 0 Å². The minimum atomic E-state index is -1.33. The fourth-order valence-electron chi connectivity index (χ4n) is 4.25. The summed E-state index contributed by atoms with van der Waals surface area (Å²) in [4.78, 5) is 16.3. The SMILES string of the molecule is COCC(=O)N1CCN(C2CCCCC2)CC(O)(COc2ccc(F)c(F)c2)C1. The highest BCUT2D eigenvalue weighted by Gasteiger charge is 2.39. The quantitative estimate of drug-likeness (QED) is 0.776. The van der Waals surface area contributed by atoms with Crippen LogP contribution >= 0.6 is 0 Å². The van der Waals surface area contributed by atoms with Gasteiger partial charge in [-0.05, 0) is 25.0 Å². The number of aliphatic hydroxyl groups is 1. The van der Waals surface area contributed by atoms with Gasteiger partial charge in [0.2, 0.25) is 5.91 Å². The van der Waals surface area contributed by atoms with E-state index < -0.39 is 17.2 Å². The maximum atomic E-state index is 13.5. The summed E-state index contributed by atoms with van der Waals surface area (Å²) in [6.07, 6.45) is 5.71. The molecule has 162 valence electrons. The van der Waals surface area contributed by atoms with E-state index in [2.05, 4.69) is 4.90 Å². The second-order valence-corrected chi connectivity index (χ2v) is 8.10. The fraction of sp³-hybridized carbons (Fsp3) is 0.667. The molecule has 1 saturated carbocycles. The van der Waals surface area contributed by atoms with Gasteiger partial charge in [0.25, 0.3) is 0 Å². The van der Waals surface area contributed by atoms with Crippen LogP contribution in [-0.4, -0.2) is 79.0 Å². The van der Waals surface area contributed by atoms with Crippen LogP contribution in [0.1, 0.15) is 32.1 Å². The third-order valence-electron chi connectivity index (χ3n) is 5.75. The number of β-amino-alcohol motifs (C(OH)–C–C–N with tert-alkyl or cyclic N) is 1. The van der Waals surface area contributed by atoms with Crippen LogP contribution in [-0.2, 0) is 9.53 Å². The molecule has 0 spiro atoms. The first kappa shape index (κ1) is 21.9. The number of hydrogen-bond acceptors (Lipinski definition) is 5. The Morgan fingerprint density at radius 2 is 1.93 bits per heavy atom. The van der Waals surface area contributed by atoms with Crippen LogP contribution in [0.2, 0.25) is 0 Å². The van der Waals surface area contributed by atoms with Crippen molar-refractivity contribution in [1.82, 2.24) is 9.80 Å². The first-order valence-electron chi connectivity index (χ1n) is 10.2. The van der Waals surface area contributed by atoms with Crippen molar-refractivity contribution in [3.05, 3.63) is 29.8 Å². The van der Waals surface area contributed by atoms with Gasteiger partial charge in [0, 0.05) is 38.9 Å². The Kier molecular flexibility index (Phi) is 7.43. The Labute approximate surface area is 170 Å². The van der Waals surface area contributed by atoms with Crippen LogP contribution in [0, 0.1) is 11.6 Å². The molecule has 1 N–H and O–H groups in total. The van der Waals surface area contributed by atoms with Crippen LogP contribution < -0.4 is 4.74 Å². The molecule has 1 amide bonds. The van der Waals surface area contributed by atoms with E-state index in [0.29, 0.717) is 25.7 Å². The van der Waals surface area contributed by atoms with Crippen molar-refractivity contribution < 1.29 is 28.2 Å². The first-order chi connectivity index (χ1) is 13.9. The largest absolute Gasteiger partial charge is 0.490 e. The molecular weight excluding hydrogens is 382 g/mol. The molecular formula is C21H30F2N2O4. The predicted molar refractivity (Wildman–Crippen MR) is 104 cm³/mol. The number of rotatable bonds is 6. The summed E-state index contributed by atoms with van der Waals surface area (Å²) in [7, 11) is 1.46. The minimum absolute atomic E-state index is 0.0520. The Morgan fingerprint density at radius 3 is 2.62 bits per heavy atom. The summed E-state index contributed by atoms with van der Waals surface area (Å²) in [6, 6.07) is 3.65. The Balaban J connectivity index is 1.74. The molecule has 6 nitrogen and oxygen atoms in total. The van der Waals surface area contributed by atoms with Crippen molar-refractivity contribution in [1.29, 1.82) is 0 Å². The molecule has 1 unspecified atom stereocenters. The highest BCUT2D eigenvalue weighted by Crippen LogP contribution is 2.27. The summed E-state index contributed by atoms with van der Waals surface area (Å²) in [5.74, 6) is -2.01. The maximum absolute atomic E-state index is 13.5. The highest BCUT2D eigenvalue weighted by molar-refractivity contribution is 5.77. The molecule has 0 aromatic heterocycles. The molecule has 1 saturated heterocycles. The summed E-state index contributed by atoms with van der Waals surface area (Å²) < 4.78 is 37.2. The zero-order chi connectivity index (χ0) is 20.9. The second kappa shape index (κ2) is 9.82. The predicted octanol–water partition coefficient (Wildman–Crippen LogP) is 2.20. The number of carbonyl (C=O) groups excluding carboxylic acids is 1. The summed E-state index contributed by atoms with van der Waals surface area (Å²) in [5.41, 5.74) is -1.33. The van der Waals surface area contributed by atoms with Gasteiger partial charge in [-0.25, -0.2) is 8.78 Å². The lowest BCUT2D eigenvalue weighted by molar-refractivity contribution is -0.138. The summed E-state index contributed by atoms with van der Waals surface area (Å²) >= 11 is 0. The fourth-order valence-corrected chi connectivity index (χ4v) is 4.25. The monoisotopic (exact) mass is 412 g/mol. The molecule has 1 aromatic carbocycles. The number of hydrogen-bond donors (Lipinski definition) is 1. The molecule has 1 heterocycles. The Bertz CT molecular complexity index is 699. The lowest BCUT2D eigenvalue weighted by Crippen LogP contribution is -2.54. The van der Waals surface area contributed by atoms with Crippen molar-refractivity contribution >= 4 is 5.91 Å². The van der Waals surface area contributed by atoms with Crippen LogP contribution in [0.15, 0.2) is 18.2 Å². The van der Waals surface area contributed by atoms with E-state index in [0.717, 1.165) is 37.8 Å². The molecule has 0 radical (unpaired) electrons. The van der Waals surface area contributed by atoms with E-state index >= 15 is 0 Å². The topological polar surface area (TPSA) is 62.2 Å². The van der Waals surface area contributed by atoms with Crippen LogP contribution in [0.5, 0.6) is 5.75 Å². The minimum Gasteiger partial charge on any atom is -0.490 e. The molecule has 29 heavy (non-hydrogen) atoms. The van der Waals surface area contributed by atoms with E-state index in [4.69, 9.17) is 9.47 Å². The average molecular weight is 412 g/mol. The van der Waals surface area contributed by atoms with Crippen LogP contribution in [0.4, 0.5) is 8.78 Å². The lowest BCUT2D eigenvalue weighted by atomic mass is 9.93. The smallest absolute Gasteiger partial charge is 0.248 e. The zero-order valence-electron chi connectivity index (χ0n) is 16.9. The number of carbonyl (C=O) groups is 1. The molecule has 1 aromatic rings. The van der Waals surface area contributed by atoms with Crippen molar-refractivity contribution in [3.8, 4) is 5.75 Å². The molecule has 2 aliphatic rings. The number of nitrogens with zero attached hydrogens (tertiary/aromatic N) is 2. The van der Waals surface area contributed by atoms with Crippen molar-refractivity contribution in [3.63, 3.8) is 0 Å². The maximum Gasteiger partial charge on any atom is 0.248 e. The molecule has 1 atom stereocenters. The molecule has 8 heteroatoms. The van der Waals surface area contributed by atoms with Gasteiger partial charge in [0.05, 0.1) is 6.54 Å². The molecule has 0 bridgehead atoms. The standard InChI is InChI=1S/C21H30F2N2O4/c1-28-12-20(26)25-10-9-24(16-5-3-2-4-6-16)13-21(27,14-25)15-29-17-7-8-18(22)19(23)11-17/h7-8,11,16,27H,2-6,9-10,12-15H2,1H3. The Morgan fingerprint density at radius 1 is 1.17 bits per heavy atom. The number of methoxy groups -OCH3 is 1. The normalized spacial score (nSPS) is 24.3. The van der Waals surface area contributed by atoms with Gasteiger partial charge in [-0.1, -0.05) is 19.3 Å². The second-order valence-electron chi connectivity index (χ2n) is 8.10. The van der Waals surface area contributed by atoms with E-state index in [1.165, 1.54) is 19.6 Å². The van der Waals surface area contributed by atoms with Crippen LogP contribution in [0.3, 0.4) is 0 Å². The Hall–Kier alpha value is -1.77. The van der Waals surface area contributed by atoms with Gasteiger partial charge < -0.3 is 19.5 Å². The van der Waals surface area contributed by atoms with E-state index in [1.807, 2.05) is 0 Å². The van der Waals surface area contributed by atoms with Gasteiger partial charge in [0.15, 0.2) is 11.6 Å². The number of benzene rings is 1. The summed E-state index contributed by atoms with van der Waals surface area (Å²) in [6.45, 7) is 1.46. The lowest BCUT2D eigenvalue weighted by Gasteiger charge is -2.37. The first-order valence-corrected chi connectivity index (χ1v) is 10.2. The number of halogens is 2. The van der Waals surface area contributed by atoms with E-state index in [9.17, 15) is 18.7 Å². The van der Waals surface area contributed by atoms with Gasteiger partial charge in [-0.15, -0.1) is 0 Å². The van der Waals surface area contributed by atoms with Gasteiger partial charge in [-0.3, -0.25) is 9.69 Å².